The molecule has 1 aliphatic rings. The normalized spacial score (nSPS) is 22.2. The maximum absolute atomic E-state index is 13.3. The van der Waals surface area contributed by atoms with E-state index in [9.17, 15) is 18.3 Å². The minimum absolute atomic E-state index is 0.100. The number of aliphatic hydroxyl groups is 1. The summed E-state index contributed by atoms with van der Waals surface area (Å²) in [6.07, 6.45) is -2.82. The number of nitrogens with one attached hydrogen (secondary N) is 1. The molecule has 2 atom stereocenters. The average molecular weight is 328 g/mol. The van der Waals surface area contributed by atoms with Gasteiger partial charge in [-0.1, -0.05) is 13.8 Å². The largest absolute Gasteiger partial charge is 0.440 e. The third-order valence-corrected chi connectivity index (χ3v) is 4.14. The number of rotatable bonds is 3. The van der Waals surface area contributed by atoms with E-state index >= 15 is 0 Å². The van der Waals surface area contributed by atoms with Crippen LogP contribution in [0.5, 0.6) is 0 Å². The van der Waals surface area contributed by atoms with Crippen molar-refractivity contribution in [2.45, 2.75) is 57.3 Å². The van der Waals surface area contributed by atoms with Gasteiger partial charge >= 0.3 is 6.18 Å². The number of nitrogens with zero attached hydrogens (tertiary/aromatic N) is 1. The summed E-state index contributed by atoms with van der Waals surface area (Å²) in [4.78, 5) is 4.17. The van der Waals surface area contributed by atoms with Crippen molar-refractivity contribution in [2.75, 3.05) is 5.32 Å². The number of anilines is 1. The predicted molar refractivity (Wildman–Crippen MR) is 80.4 cm³/mol. The molecule has 3 rings (SSSR count). The van der Waals surface area contributed by atoms with Crippen molar-refractivity contribution in [3.8, 4) is 0 Å². The van der Waals surface area contributed by atoms with Crippen LogP contribution >= 0.6 is 0 Å². The Kier molecular flexibility index (Phi) is 4.00. The average Bonchev–Trinajstić information content (AvgIpc) is 3.04. The van der Waals surface area contributed by atoms with Gasteiger partial charge in [0.05, 0.1) is 12.1 Å². The van der Waals surface area contributed by atoms with E-state index < -0.39 is 17.8 Å². The van der Waals surface area contributed by atoms with Gasteiger partial charge in [-0.05, 0) is 31.4 Å². The number of aliphatic hydroxyl groups excluding tert-OH is 1. The molecule has 0 spiro atoms. The standard InChI is InChI=1S/C16H19F3N2O2/c1-8(2)15-21-12-7-9(20-11-4-3-5-13(11)22)6-10(14(12)23-15)16(17,18)19/h6-8,11,13,20,22H,3-5H2,1-2H3/t11-,13-/m0/s1. The zero-order valence-electron chi connectivity index (χ0n) is 12.9. The maximum atomic E-state index is 13.3. The zero-order valence-corrected chi connectivity index (χ0v) is 12.9. The summed E-state index contributed by atoms with van der Waals surface area (Å²) in [6, 6.07) is 2.35. The molecule has 7 heteroatoms. The molecule has 4 nitrogen and oxygen atoms in total. The summed E-state index contributed by atoms with van der Waals surface area (Å²) in [5.74, 6) is 0.181. The lowest BCUT2D eigenvalue weighted by atomic mass is 10.1. The van der Waals surface area contributed by atoms with Crippen molar-refractivity contribution in [1.29, 1.82) is 0 Å². The summed E-state index contributed by atoms with van der Waals surface area (Å²) >= 11 is 0. The lowest BCUT2D eigenvalue weighted by molar-refractivity contribution is -0.136. The van der Waals surface area contributed by atoms with Crippen LogP contribution in [0.1, 0.15) is 50.5 Å². The van der Waals surface area contributed by atoms with Gasteiger partial charge in [0.1, 0.15) is 11.1 Å². The van der Waals surface area contributed by atoms with Crippen molar-refractivity contribution in [2.24, 2.45) is 0 Å². The van der Waals surface area contributed by atoms with E-state index in [2.05, 4.69) is 10.3 Å². The number of fused-ring (bicyclic) bond motifs is 1. The molecule has 1 fully saturated rings. The number of halogens is 3. The first kappa shape index (κ1) is 16.1. The first-order valence-corrected chi connectivity index (χ1v) is 7.72. The Labute approximate surface area is 131 Å². The second-order valence-corrected chi connectivity index (χ2v) is 6.33. The summed E-state index contributed by atoms with van der Waals surface area (Å²) in [6.45, 7) is 3.62. The van der Waals surface area contributed by atoms with Gasteiger partial charge in [-0.25, -0.2) is 4.98 Å². The van der Waals surface area contributed by atoms with Crippen LogP contribution in [-0.4, -0.2) is 22.2 Å². The van der Waals surface area contributed by atoms with Crippen LogP contribution in [0, 0.1) is 0 Å². The Morgan fingerprint density at radius 2 is 2.04 bits per heavy atom. The predicted octanol–water partition coefficient (Wildman–Crippen LogP) is 4.30. The molecular formula is C16H19F3N2O2. The van der Waals surface area contributed by atoms with Crippen LogP contribution in [0.4, 0.5) is 18.9 Å². The highest BCUT2D eigenvalue weighted by molar-refractivity contribution is 5.82. The minimum atomic E-state index is -4.53. The topological polar surface area (TPSA) is 58.3 Å². The van der Waals surface area contributed by atoms with Crippen molar-refractivity contribution >= 4 is 16.8 Å². The van der Waals surface area contributed by atoms with E-state index in [1.165, 1.54) is 0 Å². The van der Waals surface area contributed by atoms with Gasteiger partial charge in [0.15, 0.2) is 11.5 Å². The SMILES string of the molecule is CC(C)c1nc2cc(N[C@H]3CCC[C@@H]3O)cc(C(F)(F)F)c2o1. The monoisotopic (exact) mass is 328 g/mol. The fourth-order valence-electron chi connectivity index (χ4n) is 2.91. The van der Waals surface area contributed by atoms with Gasteiger partial charge in [-0.15, -0.1) is 0 Å². The summed E-state index contributed by atoms with van der Waals surface area (Å²) in [5.41, 5.74) is -0.596. The quantitative estimate of drug-likeness (QED) is 0.882. The molecule has 0 saturated heterocycles. The lowest BCUT2D eigenvalue weighted by Crippen LogP contribution is -2.28. The number of benzene rings is 1. The van der Waals surface area contributed by atoms with Crippen molar-refractivity contribution < 1.29 is 22.7 Å². The molecule has 2 N–H and O–H groups in total. The Morgan fingerprint density at radius 1 is 1.30 bits per heavy atom. The van der Waals surface area contributed by atoms with Crippen LogP contribution < -0.4 is 5.32 Å². The van der Waals surface area contributed by atoms with Crippen LogP contribution in [0.25, 0.3) is 11.1 Å². The van der Waals surface area contributed by atoms with Crippen LogP contribution in [0.15, 0.2) is 16.5 Å². The number of alkyl halides is 3. The molecule has 0 aliphatic heterocycles. The molecule has 1 aromatic carbocycles. The second-order valence-electron chi connectivity index (χ2n) is 6.33. The van der Waals surface area contributed by atoms with E-state index in [4.69, 9.17) is 4.42 Å². The lowest BCUT2D eigenvalue weighted by Gasteiger charge is -2.18. The van der Waals surface area contributed by atoms with Gasteiger partial charge < -0.3 is 14.8 Å². The molecule has 0 amide bonds. The maximum Gasteiger partial charge on any atom is 0.420 e. The van der Waals surface area contributed by atoms with Crippen molar-refractivity contribution in [3.05, 3.63) is 23.6 Å². The van der Waals surface area contributed by atoms with E-state index in [0.29, 0.717) is 12.1 Å². The Balaban J connectivity index is 2.05. The van der Waals surface area contributed by atoms with Gasteiger partial charge in [-0.3, -0.25) is 0 Å². The molecule has 126 valence electrons. The molecule has 1 saturated carbocycles. The molecule has 1 heterocycles. The zero-order chi connectivity index (χ0) is 16.8. The molecule has 1 aromatic heterocycles. The highest BCUT2D eigenvalue weighted by Gasteiger charge is 2.36. The van der Waals surface area contributed by atoms with Gasteiger partial charge in [-0.2, -0.15) is 13.2 Å². The van der Waals surface area contributed by atoms with E-state index in [0.717, 1.165) is 18.9 Å². The van der Waals surface area contributed by atoms with Crippen molar-refractivity contribution in [3.63, 3.8) is 0 Å². The third kappa shape index (κ3) is 3.15. The van der Waals surface area contributed by atoms with E-state index in [1.807, 2.05) is 13.8 Å². The number of hydrogen-bond donors (Lipinski definition) is 2. The number of aromatic nitrogens is 1. The first-order chi connectivity index (χ1) is 10.8. The van der Waals surface area contributed by atoms with Crippen LogP contribution in [-0.2, 0) is 6.18 Å². The van der Waals surface area contributed by atoms with Crippen LogP contribution in [0.2, 0.25) is 0 Å². The number of hydrogen-bond acceptors (Lipinski definition) is 4. The molecule has 2 aromatic rings. The Morgan fingerprint density at radius 3 is 2.61 bits per heavy atom. The van der Waals surface area contributed by atoms with Gasteiger partial charge in [0.2, 0.25) is 0 Å². The fraction of sp³-hybridized carbons (Fsp3) is 0.562. The Bertz CT molecular complexity index is 709. The first-order valence-electron chi connectivity index (χ1n) is 7.72. The molecular weight excluding hydrogens is 309 g/mol. The molecule has 0 unspecified atom stereocenters. The van der Waals surface area contributed by atoms with E-state index in [1.54, 1.807) is 6.07 Å². The third-order valence-electron chi connectivity index (χ3n) is 4.14. The highest BCUT2D eigenvalue weighted by Crippen LogP contribution is 2.38. The van der Waals surface area contributed by atoms with Gasteiger partial charge in [0, 0.05) is 11.6 Å². The second kappa shape index (κ2) is 5.70. The molecule has 1 aliphatic carbocycles. The number of oxazole rings is 1. The highest BCUT2D eigenvalue weighted by atomic mass is 19.4. The summed E-state index contributed by atoms with van der Waals surface area (Å²) in [7, 11) is 0. The minimum Gasteiger partial charge on any atom is -0.440 e. The van der Waals surface area contributed by atoms with Gasteiger partial charge in [0.25, 0.3) is 0 Å². The Hall–Kier alpha value is -1.76. The smallest absolute Gasteiger partial charge is 0.420 e. The molecule has 0 bridgehead atoms. The van der Waals surface area contributed by atoms with Crippen LogP contribution in [0.3, 0.4) is 0 Å². The molecule has 23 heavy (non-hydrogen) atoms. The van der Waals surface area contributed by atoms with E-state index in [-0.39, 0.29) is 29.0 Å². The fourth-order valence-corrected chi connectivity index (χ4v) is 2.91. The molecule has 0 radical (unpaired) electrons. The summed E-state index contributed by atoms with van der Waals surface area (Å²) < 4.78 is 45.3. The van der Waals surface area contributed by atoms with Crippen molar-refractivity contribution in [1.82, 2.24) is 4.98 Å². The summed E-state index contributed by atoms with van der Waals surface area (Å²) in [5, 5.41) is 12.9.